The molecule has 106 valence electrons. The summed E-state index contributed by atoms with van der Waals surface area (Å²) in [6, 6.07) is 0.942. The molecule has 0 aliphatic rings. The minimum absolute atomic E-state index is 0.471. The smallest absolute Gasteiger partial charge is 0.289 e. The lowest BCUT2D eigenvalue weighted by molar-refractivity contribution is -0.183. The van der Waals surface area contributed by atoms with Crippen LogP contribution in [0.3, 0.4) is 0 Å². The molecule has 0 fully saturated rings. The first kappa shape index (κ1) is 15.3. The molecule has 1 amide bonds. The van der Waals surface area contributed by atoms with E-state index < -0.39 is 34.7 Å². The van der Waals surface area contributed by atoms with Crippen LogP contribution in [0.4, 0.5) is 13.2 Å². The van der Waals surface area contributed by atoms with Crippen LogP contribution in [-0.2, 0) is 9.63 Å². The molecular weight excluding hydrogens is 263 g/mol. The lowest BCUT2D eigenvalue weighted by Gasteiger charge is -2.28. The Bertz CT molecular complexity index is 468. The standard InChI is InChI=1S/C12H14F3NO3/c1-12(2,11(17)16(3)18-4)19-10-8(14)5-7(13)6-9(10)15/h5-6H,1-4H3. The molecule has 0 aliphatic heterocycles. The lowest BCUT2D eigenvalue weighted by Crippen LogP contribution is -2.47. The number of rotatable bonds is 4. The molecule has 0 aromatic heterocycles. The second-order valence-corrected chi connectivity index (χ2v) is 4.30. The number of ether oxygens (including phenoxy) is 1. The minimum atomic E-state index is -1.58. The molecular formula is C12H14F3NO3. The van der Waals surface area contributed by atoms with E-state index in [9.17, 15) is 18.0 Å². The van der Waals surface area contributed by atoms with Gasteiger partial charge in [-0.15, -0.1) is 0 Å². The van der Waals surface area contributed by atoms with Crippen molar-refractivity contribution in [2.75, 3.05) is 14.2 Å². The quantitative estimate of drug-likeness (QED) is 0.793. The Morgan fingerprint density at radius 2 is 1.68 bits per heavy atom. The molecule has 0 atom stereocenters. The van der Waals surface area contributed by atoms with Crippen LogP contribution in [0.15, 0.2) is 12.1 Å². The van der Waals surface area contributed by atoms with Gasteiger partial charge in [-0.3, -0.25) is 9.63 Å². The summed E-state index contributed by atoms with van der Waals surface area (Å²) >= 11 is 0. The molecule has 0 heterocycles. The summed E-state index contributed by atoms with van der Waals surface area (Å²) in [6.45, 7) is 2.63. The summed E-state index contributed by atoms with van der Waals surface area (Å²) in [6.07, 6.45) is 0. The number of carbonyl (C=O) groups is 1. The Balaban J connectivity index is 3.05. The van der Waals surface area contributed by atoms with Gasteiger partial charge in [0.1, 0.15) is 5.82 Å². The van der Waals surface area contributed by atoms with Gasteiger partial charge >= 0.3 is 0 Å². The maximum atomic E-state index is 13.4. The average molecular weight is 277 g/mol. The molecule has 4 nitrogen and oxygen atoms in total. The van der Waals surface area contributed by atoms with E-state index in [2.05, 4.69) is 4.84 Å². The van der Waals surface area contributed by atoms with Crippen LogP contribution >= 0.6 is 0 Å². The molecule has 0 saturated carbocycles. The predicted molar refractivity (Wildman–Crippen MR) is 60.8 cm³/mol. The first-order valence-electron chi connectivity index (χ1n) is 5.35. The Morgan fingerprint density at radius 3 is 2.11 bits per heavy atom. The van der Waals surface area contributed by atoms with E-state index in [1.807, 2.05) is 0 Å². The highest BCUT2D eigenvalue weighted by atomic mass is 19.1. The summed E-state index contributed by atoms with van der Waals surface area (Å²) in [5, 5.41) is 0.860. The predicted octanol–water partition coefficient (Wildman–Crippen LogP) is 2.28. The van der Waals surface area contributed by atoms with Crippen molar-refractivity contribution in [2.24, 2.45) is 0 Å². The summed E-state index contributed by atoms with van der Waals surface area (Å²) in [4.78, 5) is 16.5. The Morgan fingerprint density at radius 1 is 1.21 bits per heavy atom. The number of carbonyl (C=O) groups excluding carboxylic acids is 1. The molecule has 0 bridgehead atoms. The van der Waals surface area contributed by atoms with Gasteiger partial charge in [-0.05, 0) is 13.8 Å². The van der Waals surface area contributed by atoms with Gasteiger partial charge in [0.2, 0.25) is 0 Å². The third-order valence-corrected chi connectivity index (χ3v) is 2.40. The molecule has 1 rings (SSSR count). The molecule has 1 aromatic carbocycles. The molecule has 0 radical (unpaired) electrons. The van der Waals surface area contributed by atoms with Crippen molar-refractivity contribution in [1.82, 2.24) is 5.06 Å². The van der Waals surface area contributed by atoms with Crippen LogP contribution in [0.5, 0.6) is 5.75 Å². The molecule has 0 spiro atoms. The number of hydrogen-bond donors (Lipinski definition) is 0. The topological polar surface area (TPSA) is 38.8 Å². The van der Waals surface area contributed by atoms with Crippen molar-refractivity contribution < 1.29 is 27.5 Å². The van der Waals surface area contributed by atoms with Crippen molar-refractivity contribution >= 4 is 5.91 Å². The molecule has 0 N–H and O–H groups in total. The first-order valence-corrected chi connectivity index (χ1v) is 5.35. The van der Waals surface area contributed by atoms with E-state index in [4.69, 9.17) is 4.74 Å². The summed E-state index contributed by atoms with van der Waals surface area (Å²) < 4.78 is 44.6. The van der Waals surface area contributed by atoms with Gasteiger partial charge in [-0.25, -0.2) is 18.2 Å². The Labute approximate surface area is 108 Å². The second kappa shape index (κ2) is 5.48. The highest BCUT2D eigenvalue weighted by molar-refractivity contribution is 5.83. The summed E-state index contributed by atoms with van der Waals surface area (Å²) in [7, 11) is 2.58. The zero-order chi connectivity index (χ0) is 14.8. The zero-order valence-corrected chi connectivity index (χ0v) is 11.0. The van der Waals surface area contributed by atoms with E-state index in [0.717, 1.165) is 5.06 Å². The van der Waals surface area contributed by atoms with Crippen LogP contribution in [-0.4, -0.2) is 30.7 Å². The zero-order valence-electron chi connectivity index (χ0n) is 11.0. The number of hydrogen-bond acceptors (Lipinski definition) is 3. The minimum Gasteiger partial charge on any atom is -0.472 e. The third kappa shape index (κ3) is 3.37. The second-order valence-electron chi connectivity index (χ2n) is 4.30. The van der Waals surface area contributed by atoms with E-state index in [-0.39, 0.29) is 0 Å². The van der Waals surface area contributed by atoms with Crippen molar-refractivity contribution in [1.29, 1.82) is 0 Å². The van der Waals surface area contributed by atoms with Crippen molar-refractivity contribution in [3.05, 3.63) is 29.6 Å². The number of likely N-dealkylation sites (N-methyl/N-ethyl adjacent to an activating group) is 1. The SMILES string of the molecule is CON(C)C(=O)C(C)(C)Oc1c(F)cc(F)cc1F. The molecule has 19 heavy (non-hydrogen) atoms. The number of nitrogens with zero attached hydrogens (tertiary/aromatic N) is 1. The van der Waals surface area contributed by atoms with Crippen molar-refractivity contribution in [3.63, 3.8) is 0 Å². The highest BCUT2D eigenvalue weighted by Crippen LogP contribution is 2.27. The molecule has 0 unspecified atom stereocenters. The Hall–Kier alpha value is -1.76. The monoisotopic (exact) mass is 277 g/mol. The summed E-state index contributed by atoms with van der Waals surface area (Å²) in [5.74, 6) is -4.99. The van der Waals surface area contributed by atoms with E-state index in [1.54, 1.807) is 0 Å². The third-order valence-electron chi connectivity index (χ3n) is 2.40. The first-order chi connectivity index (χ1) is 8.69. The lowest BCUT2D eigenvalue weighted by atomic mass is 10.1. The van der Waals surface area contributed by atoms with Gasteiger partial charge in [0.15, 0.2) is 23.0 Å². The largest absolute Gasteiger partial charge is 0.472 e. The normalized spacial score (nSPS) is 11.3. The average Bonchev–Trinajstić information content (AvgIpc) is 2.31. The van der Waals surface area contributed by atoms with Crippen LogP contribution in [0.1, 0.15) is 13.8 Å². The fourth-order valence-electron chi connectivity index (χ4n) is 1.39. The van der Waals surface area contributed by atoms with E-state index in [0.29, 0.717) is 12.1 Å². The van der Waals surface area contributed by atoms with Crippen LogP contribution in [0.25, 0.3) is 0 Å². The fraction of sp³-hybridized carbons (Fsp3) is 0.417. The Kier molecular flexibility index (Phi) is 4.41. The number of halogens is 3. The van der Waals surface area contributed by atoms with Gasteiger partial charge in [-0.2, -0.15) is 0 Å². The van der Waals surface area contributed by atoms with Gasteiger partial charge in [0.25, 0.3) is 5.91 Å². The van der Waals surface area contributed by atoms with Crippen molar-refractivity contribution in [3.8, 4) is 5.75 Å². The summed E-state index contributed by atoms with van der Waals surface area (Å²) in [5.41, 5.74) is -1.58. The highest BCUT2D eigenvalue weighted by Gasteiger charge is 2.35. The van der Waals surface area contributed by atoms with Crippen LogP contribution < -0.4 is 4.74 Å². The van der Waals surface area contributed by atoms with Gasteiger partial charge < -0.3 is 4.74 Å². The number of amides is 1. The molecule has 0 saturated heterocycles. The van der Waals surface area contributed by atoms with Crippen LogP contribution in [0, 0.1) is 17.5 Å². The maximum Gasteiger partial charge on any atom is 0.289 e. The fourth-order valence-corrected chi connectivity index (χ4v) is 1.39. The van der Waals surface area contributed by atoms with Gasteiger partial charge in [-0.1, -0.05) is 0 Å². The molecule has 7 heteroatoms. The van der Waals surface area contributed by atoms with Gasteiger partial charge in [0, 0.05) is 19.2 Å². The number of hydroxylamine groups is 2. The maximum absolute atomic E-state index is 13.4. The van der Waals surface area contributed by atoms with Crippen molar-refractivity contribution in [2.45, 2.75) is 19.4 Å². The van der Waals surface area contributed by atoms with Gasteiger partial charge in [0.05, 0.1) is 7.11 Å². The number of benzene rings is 1. The molecule has 0 aliphatic carbocycles. The molecule has 1 aromatic rings. The van der Waals surface area contributed by atoms with Crippen LogP contribution in [0.2, 0.25) is 0 Å². The van der Waals surface area contributed by atoms with E-state index in [1.165, 1.54) is 28.0 Å². The van der Waals surface area contributed by atoms with E-state index >= 15 is 0 Å².